The van der Waals surface area contributed by atoms with E-state index < -0.39 is 5.97 Å². The Morgan fingerprint density at radius 2 is 2.08 bits per heavy atom. The van der Waals surface area contributed by atoms with Crippen LogP contribution in [0.2, 0.25) is 0 Å². The van der Waals surface area contributed by atoms with Crippen LogP contribution in [0, 0.1) is 0 Å². The Labute approximate surface area is 155 Å². The maximum absolute atomic E-state index is 11.9. The number of esters is 1. The summed E-state index contributed by atoms with van der Waals surface area (Å²) in [6.45, 7) is 3.99. The first-order chi connectivity index (χ1) is 12.5. The lowest BCUT2D eigenvalue weighted by Crippen LogP contribution is -2.21. The number of rotatable bonds is 7. The maximum Gasteiger partial charge on any atom is 0.312 e. The van der Waals surface area contributed by atoms with Gasteiger partial charge in [0.2, 0.25) is 0 Å². The lowest BCUT2D eigenvalue weighted by molar-refractivity contribution is -0.146. The third kappa shape index (κ3) is 4.49. The first-order valence-corrected chi connectivity index (χ1v) is 9.39. The molecule has 3 aromatic rings. The number of aromatic nitrogens is 2. The highest BCUT2D eigenvalue weighted by atomic mass is 32.1. The van der Waals surface area contributed by atoms with Crippen molar-refractivity contribution >= 4 is 33.9 Å². The summed E-state index contributed by atoms with van der Waals surface area (Å²) >= 11 is 1.49. The number of benzene rings is 1. The van der Waals surface area contributed by atoms with Crippen LogP contribution in [-0.2, 0) is 20.7 Å². The topological polar surface area (TPSA) is 72.7 Å². The van der Waals surface area contributed by atoms with Crippen molar-refractivity contribution in [2.75, 3.05) is 11.9 Å². The average molecular weight is 371 g/mol. The first-order valence-electron chi connectivity index (χ1n) is 8.51. The number of hydrogen-bond acceptors (Lipinski definition) is 5. The van der Waals surface area contributed by atoms with Gasteiger partial charge in [-0.05, 0) is 30.0 Å². The molecule has 1 aromatic carbocycles. The van der Waals surface area contributed by atoms with Gasteiger partial charge in [0.25, 0.3) is 5.91 Å². The molecule has 1 N–H and O–H groups in total. The van der Waals surface area contributed by atoms with Crippen LogP contribution in [0.15, 0.2) is 42.0 Å². The number of amides is 1. The normalized spacial score (nSPS) is 12.1. The van der Waals surface area contributed by atoms with Crippen LogP contribution in [0.4, 0.5) is 5.69 Å². The standard InChI is InChI=1S/C19H21N3O3S/c1-3-13(2)14-4-6-15(7-5-14)20-17(23)12-25-18(24)10-16-11-22-8-9-26-19(22)21-16/h4-9,11,13H,3,10,12H2,1-2H3,(H,20,23). The molecule has 0 saturated carbocycles. The average Bonchev–Trinajstić information content (AvgIpc) is 3.21. The molecule has 0 aliphatic rings. The molecule has 0 aliphatic carbocycles. The molecule has 26 heavy (non-hydrogen) atoms. The fraction of sp³-hybridized carbons (Fsp3) is 0.316. The smallest absolute Gasteiger partial charge is 0.312 e. The summed E-state index contributed by atoms with van der Waals surface area (Å²) < 4.78 is 6.89. The van der Waals surface area contributed by atoms with Gasteiger partial charge in [0.1, 0.15) is 0 Å². The van der Waals surface area contributed by atoms with Crippen molar-refractivity contribution in [3.63, 3.8) is 0 Å². The summed E-state index contributed by atoms with van der Waals surface area (Å²) in [5.74, 6) is -0.350. The van der Waals surface area contributed by atoms with Gasteiger partial charge in [-0.15, -0.1) is 11.3 Å². The number of fused-ring (bicyclic) bond motifs is 1. The lowest BCUT2D eigenvalue weighted by Gasteiger charge is -2.10. The molecule has 136 valence electrons. The number of carbonyl (C=O) groups excluding carboxylic acids is 2. The molecule has 2 heterocycles. The number of thiazole rings is 1. The van der Waals surface area contributed by atoms with Crippen LogP contribution in [-0.4, -0.2) is 27.9 Å². The predicted octanol–water partition coefficient (Wildman–Crippen LogP) is 3.63. The molecule has 0 bridgehead atoms. The predicted molar refractivity (Wildman–Crippen MR) is 102 cm³/mol. The van der Waals surface area contributed by atoms with Gasteiger partial charge < -0.3 is 10.1 Å². The second-order valence-corrected chi connectivity index (χ2v) is 7.02. The molecule has 0 fully saturated rings. The van der Waals surface area contributed by atoms with E-state index in [9.17, 15) is 9.59 Å². The molecule has 2 aromatic heterocycles. The summed E-state index contributed by atoms with van der Waals surface area (Å²) in [4.78, 5) is 29.0. The van der Waals surface area contributed by atoms with Gasteiger partial charge in [-0.2, -0.15) is 0 Å². The first kappa shape index (κ1) is 18.1. The molecule has 3 rings (SSSR count). The Balaban J connectivity index is 1.45. The molecule has 0 saturated heterocycles. The van der Waals surface area contributed by atoms with Crippen molar-refractivity contribution < 1.29 is 14.3 Å². The fourth-order valence-electron chi connectivity index (χ4n) is 2.53. The minimum Gasteiger partial charge on any atom is -0.455 e. The van der Waals surface area contributed by atoms with E-state index in [4.69, 9.17) is 4.74 Å². The number of hydrogen-bond donors (Lipinski definition) is 1. The van der Waals surface area contributed by atoms with Crippen molar-refractivity contribution in [1.82, 2.24) is 9.38 Å². The molecule has 6 nitrogen and oxygen atoms in total. The third-order valence-corrected chi connectivity index (χ3v) is 4.98. The Morgan fingerprint density at radius 3 is 2.77 bits per heavy atom. The van der Waals surface area contributed by atoms with Crippen LogP contribution in [0.5, 0.6) is 0 Å². The molecule has 1 unspecified atom stereocenters. The lowest BCUT2D eigenvalue weighted by atomic mass is 9.99. The van der Waals surface area contributed by atoms with Crippen LogP contribution in [0.1, 0.15) is 37.4 Å². The third-order valence-electron chi connectivity index (χ3n) is 4.21. The molecule has 1 amide bonds. The minimum absolute atomic E-state index is 0.0469. The largest absolute Gasteiger partial charge is 0.455 e. The number of ether oxygens (including phenoxy) is 1. The van der Waals surface area contributed by atoms with E-state index in [0.717, 1.165) is 11.4 Å². The van der Waals surface area contributed by atoms with Crippen LogP contribution in [0.3, 0.4) is 0 Å². The number of carbonyl (C=O) groups is 2. The molecule has 0 radical (unpaired) electrons. The Bertz CT molecular complexity index is 870. The second kappa shape index (κ2) is 8.14. The van der Waals surface area contributed by atoms with Gasteiger partial charge in [0.15, 0.2) is 11.6 Å². The van der Waals surface area contributed by atoms with Crippen molar-refractivity contribution in [1.29, 1.82) is 0 Å². The summed E-state index contributed by atoms with van der Waals surface area (Å²) in [5, 5.41) is 4.65. The van der Waals surface area contributed by atoms with Crippen molar-refractivity contribution in [2.45, 2.75) is 32.6 Å². The summed E-state index contributed by atoms with van der Waals surface area (Å²) in [7, 11) is 0. The summed E-state index contributed by atoms with van der Waals surface area (Å²) in [6, 6.07) is 7.72. The monoisotopic (exact) mass is 371 g/mol. The van der Waals surface area contributed by atoms with Gasteiger partial charge in [-0.1, -0.05) is 26.0 Å². The Kier molecular flexibility index (Phi) is 5.68. The number of nitrogens with one attached hydrogen (secondary N) is 1. The highest BCUT2D eigenvalue weighted by Gasteiger charge is 2.12. The fourth-order valence-corrected chi connectivity index (χ4v) is 3.25. The van der Waals surface area contributed by atoms with Crippen molar-refractivity contribution in [3.8, 4) is 0 Å². The number of nitrogens with zero attached hydrogens (tertiary/aromatic N) is 2. The Morgan fingerprint density at radius 1 is 1.31 bits per heavy atom. The van der Waals surface area contributed by atoms with Crippen molar-refractivity contribution in [2.24, 2.45) is 0 Å². The summed E-state index contributed by atoms with van der Waals surface area (Å²) in [6.07, 6.45) is 4.77. The van der Waals surface area contributed by atoms with E-state index in [2.05, 4.69) is 24.1 Å². The zero-order chi connectivity index (χ0) is 18.5. The van der Waals surface area contributed by atoms with E-state index in [1.54, 1.807) is 6.20 Å². The van der Waals surface area contributed by atoms with Crippen LogP contribution in [0.25, 0.3) is 4.96 Å². The van der Waals surface area contributed by atoms with E-state index in [1.807, 2.05) is 40.2 Å². The molecule has 7 heteroatoms. The van der Waals surface area contributed by atoms with Gasteiger partial charge >= 0.3 is 5.97 Å². The zero-order valence-electron chi connectivity index (χ0n) is 14.8. The highest BCUT2D eigenvalue weighted by molar-refractivity contribution is 7.15. The van der Waals surface area contributed by atoms with Crippen molar-refractivity contribution in [3.05, 3.63) is 53.3 Å². The van der Waals surface area contributed by atoms with E-state index in [-0.39, 0.29) is 18.9 Å². The summed E-state index contributed by atoms with van der Waals surface area (Å²) in [5.41, 5.74) is 2.55. The Hall–Kier alpha value is -2.67. The number of anilines is 1. The molecular formula is C19H21N3O3S. The van der Waals surface area contributed by atoms with E-state index >= 15 is 0 Å². The maximum atomic E-state index is 11.9. The van der Waals surface area contributed by atoms with Gasteiger partial charge in [-0.25, -0.2) is 4.98 Å². The second-order valence-electron chi connectivity index (χ2n) is 6.14. The van der Waals surface area contributed by atoms with E-state index in [0.29, 0.717) is 17.3 Å². The van der Waals surface area contributed by atoms with Gasteiger partial charge in [-0.3, -0.25) is 14.0 Å². The molecule has 0 aliphatic heterocycles. The molecular weight excluding hydrogens is 350 g/mol. The SMILES string of the molecule is CCC(C)c1ccc(NC(=O)COC(=O)Cc2cn3ccsc3n2)cc1. The number of imidazole rings is 1. The minimum atomic E-state index is -0.474. The molecule has 1 atom stereocenters. The van der Waals surface area contributed by atoms with Crippen LogP contribution < -0.4 is 5.32 Å². The molecule has 0 spiro atoms. The van der Waals surface area contributed by atoms with Gasteiger partial charge in [0, 0.05) is 23.5 Å². The van der Waals surface area contributed by atoms with Gasteiger partial charge in [0.05, 0.1) is 12.1 Å². The van der Waals surface area contributed by atoms with Crippen LogP contribution >= 0.6 is 11.3 Å². The zero-order valence-corrected chi connectivity index (χ0v) is 15.6. The quantitative estimate of drug-likeness (QED) is 0.644. The highest BCUT2D eigenvalue weighted by Crippen LogP contribution is 2.20. The van der Waals surface area contributed by atoms with E-state index in [1.165, 1.54) is 16.9 Å².